The highest BCUT2D eigenvalue weighted by Crippen LogP contribution is 2.29. The molecule has 2 aromatic carbocycles. The maximum Gasteiger partial charge on any atom is 0.338 e. The van der Waals surface area contributed by atoms with E-state index in [2.05, 4.69) is 5.32 Å². The zero-order chi connectivity index (χ0) is 15.4. The average Bonchev–Trinajstić information content (AvgIpc) is 2.46. The lowest BCUT2D eigenvalue weighted by molar-refractivity contribution is 0.0526. The molecule has 0 aliphatic heterocycles. The summed E-state index contributed by atoms with van der Waals surface area (Å²) < 4.78 is 18.8. The molecule has 110 valence electrons. The molecule has 4 nitrogen and oxygen atoms in total. The zero-order valence-corrected chi connectivity index (χ0v) is 12.1. The molecular weight excluding hydrogens is 295 g/mol. The van der Waals surface area contributed by atoms with Crippen molar-refractivity contribution in [2.45, 2.75) is 6.92 Å². The van der Waals surface area contributed by atoms with Crippen LogP contribution >= 0.6 is 11.6 Å². The van der Waals surface area contributed by atoms with Gasteiger partial charge in [-0.1, -0.05) is 17.7 Å². The number of nitrogens with two attached hydrogens (primary N) is 1. The van der Waals surface area contributed by atoms with Crippen molar-refractivity contribution in [3.63, 3.8) is 0 Å². The summed E-state index contributed by atoms with van der Waals surface area (Å²) in [7, 11) is 0. The molecule has 21 heavy (non-hydrogen) atoms. The van der Waals surface area contributed by atoms with Crippen molar-refractivity contribution >= 4 is 34.6 Å². The van der Waals surface area contributed by atoms with Gasteiger partial charge in [0.2, 0.25) is 0 Å². The molecule has 0 saturated carbocycles. The minimum atomic E-state index is -0.583. The van der Waals surface area contributed by atoms with Gasteiger partial charge in [-0.25, -0.2) is 9.18 Å². The Labute approximate surface area is 126 Å². The minimum absolute atomic E-state index is 0.000110. The molecule has 0 aliphatic carbocycles. The van der Waals surface area contributed by atoms with Gasteiger partial charge in [-0.2, -0.15) is 0 Å². The summed E-state index contributed by atoms with van der Waals surface area (Å²) >= 11 is 5.72. The van der Waals surface area contributed by atoms with Crippen LogP contribution in [0.5, 0.6) is 0 Å². The fraction of sp³-hybridized carbons (Fsp3) is 0.133. The Balaban J connectivity index is 2.33. The monoisotopic (exact) mass is 308 g/mol. The first kappa shape index (κ1) is 15.1. The van der Waals surface area contributed by atoms with E-state index in [1.165, 1.54) is 18.2 Å². The molecule has 0 heterocycles. The van der Waals surface area contributed by atoms with Gasteiger partial charge in [-0.3, -0.25) is 0 Å². The van der Waals surface area contributed by atoms with Gasteiger partial charge in [-0.05, 0) is 37.3 Å². The third kappa shape index (κ3) is 3.44. The van der Waals surface area contributed by atoms with Crippen molar-refractivity contribution < 1.29 is 13.9 Å². The van der Waals surface area contributed by atoms with Crippen LogP contribution in [0, 0.1) is 5.82 Å². The molecule has 0 bridgehead atoms. The number of rotatable bonds is 4. The van der Waals surface area contributed by atoms with E-state index < -0.39 is 11.8 Å². The molecule has 0 aliphatic rings. The molecule has 2 aromatic rings. The van der Waals surface area contributed by atoms with Crippen LogP contribution in [-0.4, -0.2) is 12.6 Å². The second-order valence-corrected chi connectivity index (χ2v) is 4.66. The third-order valence-corrected chi connectivity index (χ3v) is 3.08. The lowest BCUT2D eigenvalue weighted by atomic mass is 10.1. The first-order valence-electron chi connectivity index (χ1n) is 6.30. The van der Waals surface area contributed by atoms with E-state index in [4.69, 9.17) is 22.1 Å². The first-order valence-corrected chi connectivity index (χ1v) is 6.68. The number of carbonyl (C=O) groups is 1. The summed E-state index contributed by atoms with van der Waals surface area (Å²) in [6.07, 6.45) is 0. The smallest absolute Gasteiger partial charge is 0.338 e. The van der Waals surface area contributed by atoms with Crippen LogP contribution in [0.4, 0.5) is 21.5 Å². The molecule has 0 atom stereocenters. The number of anilines is 3. The largest absolute Gasteiger partial charge is 0.462 e. The van der Waals surface area contributed by atoms with Crippen LogP contribution in [0.3, 0.4) is 0 Å². The summed E-state index contributed by atoms with van der Waals surface area (Å²) in [6, 6.07) is 9.19. The Morgan fingerprint density at radius 1 is 1.33 bits per heavy atom. The van der Waals surface area contributed by atoms with Crippen molar-refractivity contribution in [1.29, 1.82) is 0 Å². The highest BCUT2D eigenvalue weighted by molar-refractivity contribution is 6.31. The molecule has 2 rings (SSSR count). The second kappa shape index (κ2) is 6.45. The van der Waals surface area contributed by atoms with Gasteiger partial charge in [0, 0.05) is 0 Å². The summed E-state index contributed by atoms with van der Waals surface area (Å²) in [5.41, 5.74) is 7.12. The Hall–Kier alpha value is -2.27. The summed E-state index contributed by atoms with van der Waals surface area (Å²) in [6.45, 7) is 1.99. The van der Waals surface area contributed by atoms with Crippen LogP contribution in [0.1, 0.15) is 17.3 Å². The van der Waals surface area contributed by atoms with Crippen LogP contribution < -0.4 is 11.1 Å². The van der Waals surface area contributed by atoms with Gasteiger partial charge < -0.3 is 15.8 Å². The van der Waals surface area contributed by atoms with Crippen LogP contribution in [-0.2, 0) is 4.74 Å². The number of hydrogen-bond donors (Lipinski definition) is 2. The van der Waals surface area contributed by atoms with E-state index in [0.29, 0.717) is 16.9 Å². The SMILES string of the molecule is CCOC(=O)c1ccc(N)c(Nc2cccc(Cl)c2F)c1. The van der Waals surface area contributed by atoms with Gasteiger partial charge in [0.05, 0.1) is 34.3 Å². The number of nitrogen functional groups attached to an aromatic ring is 1. The highest BCUT2D eigenvalue weighted by atomic mass is 35.5. The van der Waals surface area contributed by atoms with Gasteiger partial charge in [-0.15, -0.1) is 0 Å². The summed E-state index contributed by atoms with van der Waals surface area (Å²) in [4.78, 5) is 11.7. The van der Waals surface area contributed by atoms with E-state index in [-0.39, 0.29) is 17.3 Å². The molecule has 0 saturated heterocycles. The van der Waals surface area contributed by atoms with Gasteiger partial charge in [0.1, 0.15) is 0 Å². The van der Waals surface area contributed by atoms with Crippen molar-refractivity contribution in [3.8, 4) is 0 Å². The lowest BCUT2D eigenvalue weighted by Crippen LogP contribution is -2.06. The molecule has 0 radical (unpaired) electrons. The predicted molar refractivity (Wildman–Crippen MR) is 81.5 cm³/mol. The van der Waals surface area contributed by atoms with Crippen molar-refractivity contribution in [1.82, 2.24) is 0 Å². The molecule has 0 aromatic heterocycles. The zero-order valence-electron chi connectivity index (χ0n) is 11.3. The fourth-order valence-electron chi connectivity index (χ4n) is 1.75. The Kier molecular flexibility index (Phi) is 4.65. The van der Waals surface area contributed by atoms with Gasteiger partial charge in [0.25, 0.3) is 0 Å². The molecule has 3 N–H and O–H groups in total. The van der Waals surface area contributed by atoms with Crippen molar-refractivity contribution in [2.75, 3.05) is 17.7 Å². The van der Waals surface area contributed by atoms with Crippen LogP contribution in [0.15, 0.2) is 36.4 Å². The Morgan fingerprint density at radius 3 is 2.81 bits per heavy atom. The lowest BCUT2D eigenvalue weighted by Gasteiger charge is -2.12. The minimum Gasteiger partial charge on any atom is -0.462 e. The molecule has 0 amide bonds. The van der Waals surface area contributed by atoms with Gasteiger partial charge >= 0.3 is 5.97 Å². The summed E-state index contributed by atoms with van der Waals surface area (Å²) in [5.74, 6) is -1.05. The molecule has 6 heteroatoms. The predicted octanol–water partition coefficient (Wildman–Crippen LogP) is 3.98. The van der Waals surface area contributed by atoms with E-state index in [0.717, 1.165) is 0 Å². The highest BCUT2D eigenvalue weighted by Gasteiger charge is 2.12. The first-order chi connectivity index (χ1) is 10.0. The Bertz CT molecular complexity index is 677. The van der Waals surface area contributed by atoms with E-state index in [1.807, 2.05) is 0 Å². The number of ether oxygens (including phenoxy) is 1. The number of halogens is 2. The topological polar surface area (TPSA) is 64.3 Å². The normalized spacial score (nSPS) is 10.2. The van der Waals surface area contributed by atoms with Crippen molar-refractivity contribution in [2.24, 2.45) is 0 Å². The number of nitrogens with one attached hydrogen (secondary N) is 1. The van der Waals surface area contributed by atoms with E-state index >= 15 is 0 Å². The Morgan fingerprint density at radius 2 is 2.10 bits per heavy atom. The van der Waals surface area contributed by atoms with E-state index in [1.54, 1.807) is 25.1 Å². The third-order valence-electron chi connectivity index (χ3n) is 2.79. The van der Waals surface area contributed by atoms with E-state index in [9.17, 15) is 9.18 Å². The quantitative estimate of drug-likeness (QED) is 0.662. The molecular formula is C15H14ClFN2O2. The number of carbonyl (C=O) groups excluding carboxylic acids is 1. The van der Waals surface area contributed by atoms with Crippen LogP contribution in [0.25, 0.3) is 0 Å². The van der Waals surface area contributed by atoms with Crippen molar-refractivity contribution in [3.05, 3.63) is 52.8 Å². The number of benzene rings is 2. The fourth-order valence-corrected chi connectivity index (χ4v) is 1.93. The number of hydrogen-bond acceptors (Lipinski definition) is 4. The van der Waals surface area contributed by atoms with Crippen LogP contribution in [0.2, 0.25) is 5.02 Å². The maximum absolute atomic E-state index is 13.9. The number of esters is 1. The average molecular weight is 309 g/mol. The molecule has 0 spiro atoms. The standard InChI is InChI=1S/C15H14ClFN2O2/c1-2-21-15(20)9-6-7-11(18)13(8-9)19-12-5-3-4-10(16)14(12)17/h3-8,19H,2,18H2,1H3. The van der Waals surface area contributed by atoms with Gasteiger partial charge in [0.15, 0.2) is 5.82 Å². The molecule has 0 fully saturated rings. The summed E-state index contributed by atoms with van der Waals surface area (Å²) in [5, 5.41) is 2.83. The molecule has 0 unspecified atom stereocenters. The second-order valence-electron chi connectivity index (χ2n) is 4.25. The maximum atomic E-state index is 13.9.